The van der Waals surface area contributed by atoms with E-state index in [0.717, 1.165) is 29.2 Å². The summed E-state index contributed by atoms with van der Waals surface area (Å²) >= 11 is 0. The van der Waals surface area contributed by atoms with E-state index in [0.29, 0.717) is 23.7 Å². The topological polar surface area (TPSA) is 102 Å². The Bertz CT molecular complexity index is 1520. The number of anilines is 1. The number of halogens is 3. The zero-order valence-electron chi connectivity index (χ0n) is 19.5. The summed E-state index contributed by atoms with van der Waals surface area (Å²) in [6.45, 7) is 1.21. The molecular weight excluding hydrogens is 483 g/mol. The normalized spacial score (nSPS) is 13.2. The summed E-state index contributed by atoms with van der Waals surface area (Å²) < 4.78 is 46.1. The molecule has 0 atom stereocenters. The number of alkyl halides is 3. The number of amides is 1. The van der Waals surface area contributed by atoms with Crippen molar-refractivity contribution in [3.05, 3.63) is 95.3 Å². The van der Waals surface area contributed by atoms with Crippen molar-refractivity contribution >= 4 is 28.2 Å². The van der Waals surface area contributed by atoms with Crippen molar-refractivity contribution < 1.29 is 22.7 Å². The van der Waals surface area contributed by atoms with Crippen LogP contribution in [0.25, 0.3) is 10.8 Å². The Morgan fingerprint density at radius 2 is 1.81 bits per heavy atom. The number of benzene rings is 3. The first-order chi connectivity index (χ1) is 17.8. The summed E-state index contributed by atoms with van der Waals surface area (Å²) in [6, 6.07) is 17.6. The van der Waals surface area contributed by atoms with Crippen molar-refractivity contribution in [2.45, 2.75) is 12.7 Å². The summed E-state index contributed by atoms with van der Waals surface area (Å²) in [5, 5.41) is 7.31. The number of amidine groups is 1. The monoisotopic (exact) mass is 505 g/mol. The largest absolute Gasteiger partial charge is 0.457 e. The van der Waals surface area contributed by atoms with E-state index >= 15 is 0 Å². The van der Waals surface area contributed by atoms with Gasteiger partial charge < -0.3 is 21.1 Å². The van der Waals surface area contributed by atoms with Crippen LogP contribution in [0.4, 0.5) is 18.9 Å². The molecule has 5 rings (SSSR count). The molecule has 0 fully saturated rings. The molecular formula is C27H22F3N5O2. The highest BCUT2D eigenvalue weighted by atomic mass is 19.4. The van der Waals surface area contributed by atoms with Crippen LogP contribution in [0.1, 0.15) is 27.2 Å². The fourth-order valence-corrected chi connectivity index (χ4v) is 4.04. The maximum atomic E-state index is 13.4. The van der Waals surface area contributed by atoms with Crippen LogP contribution in [0.5, 0.6) is 11.5 Å². The number of carbonyl (C=O) groups is 1. The van der Waals surface area contributed by atoms with Crippen molar-refractivity contribution in [1.82, 2.24) is 10.3 Å². The van der Waals surface area contributed by atoms with Gasteiger partial charge in [-0.05, 0) is 58.8 Å². The Morgan fingerprint density at radius 1 is 1.00 bits per heavy atom. The number of nitrogens with one attached hydrogen (secondary N) is 2. The van der Waals surface area contributed by atoms with Gasteiger partial charge in [-0.1, -0.05) is 18.2 Å². The Balaban J connectivity index is 1.36. The molecule has 0 radical (unpaired) electrons. The van der Waals surface area contributed by atoms with E-state index in [-0.39, 0.29) is 23.4 Å². The number of hydrogen-bond acceptors (Lipinski definition) is 6. The van der Waals surface area contributed by atoms with Crippen LogP contribution in [-0.4, -0.2) is 29.8 Å². The van der Waals surface area contributed by atoms with Crippen molar-refractivity contribution in [3.8, 4) is 11.5 Å². The number of aliphatic imine (C=N–C) groups is 1. The molecule has 1 aliphatic rings. The van der Waals surface area contributed by atoms with Gasteiger partial charge in [-0.2, -0.15) is 13.2 Å². The van der Waals surface area contributed by atoms with Gasteiger partial charge in [-0.15, -0.1) is 0 Å². The third-order valence-electron chi connectivity index (χ3n) is 5.85. The molecule has 0 aliphatic carbocycles. The molecule has 0 saturated carbocycles. The third kappa shape index (κ3) is 5.39. The van der Waals surface area contributed by atoms with Crippen LogP contribution < -0.4 is 21.1 Å². The second kappa shape index (κ2) is 9.90. The molecule has 10 heteroatoms. The lowest BCUT2D eigenvalue weighted by atomic mass is 10.0. The van der Waals surface area contributed by atoms with E-state index in [1.807, 2.05) is 12.1 Å². The molecule has 1 aromatic heterocycles. The van der Waals surface area contributed by atoms with Crippen LogP contribution >= 0.6 is 0 Å². The van der Waals surface area contributed by atoms with Gasteiger partial charge in [0.25, 0.3) is 5.91 Å². The van der Waals surface area contributed by atoms with Gasteiger partial charge in [-0.3, -0.25) is 14.8 Å². The molecule has 2 heterocycles. The molecule has 1 amide bonds. The highest BCUT2D eigenvalue weighted by Crippen LogP contribution is 2.34. The molecule has 188 valence electrons. The van der Waals surface area contributed by atoms with E-state index in [1.54, 1.807) is 42.6 Å². The first kappa shape index (κ1) is 24.3. The maximum Gasteiger partial charge on any atom is 0.416 e. The van der Waals surface area contributed by atoms with Crippen LogP contribution in [0, 0.1) is 0 Å². The molecule has 37 heavy (non-hydrogen) atoms. The number of hydrogen-bond donors (Lipinski definition) is 3. The highest BCUT2D eigenvalue weighted by molar-refractivity contribution is 6.06. The number of aromatic nitrogens is 1. The lowest BCUT2D eigenvalue weighted by molar-refractivity contribution is -0.138. The Hall–Kier alpha value is -4.44. The fraction of sp³-hybridized carbons (Fsp3) is 0.148. The number of nitrogens with zero attached hydrogens (tertiary/aromatic N) is 2. The van der Waals surface area contributed by atoms with E-state index in [2.05, 4.69) is 20.6 Å². The third-order valence-corrected chi connectivity index (χ3v) is 5.85. The smallest absolute Gasteiger partial charge is 0.416 e. The Morgan fingerprint density at radius 3 is 2.57 bits per heavy atom. The Kier molecular flexibility index (Phi) is 6.49. The molecule has 0 unspecified atom stereocenters. The van der Waals surface area contributed by atoms with Crippen LogP contribution in [0.15, 0.2) is 77.9 Å². The summed E-state index contributed by atoms with van der Waals surface area (Å²) in [6.07, 6.45) is -2.94. The number of nitrogens with two attached hydrogens (primary N) is 1. The summed E-state index contributed by atoms with van der Waals surface area (Å²) in [4.78, 5) is 21.5. The lowest BCUT2D eigenvalue weighted by Crippen LogP contribution is -2.20. The quantitative estimate of drug-likeness (QED) is 0.338. The van der Waals surface area contributed by atoms with E-state index < -0.39 is 17.6 Å². The van der Waals surface area contributed by atoms with Gasteiger partial charge in [0.2, 0.25) is 0 Å². The van der Waals surface area contributed by atoms with Crippen molar-refractivity contribution in [2.75, 3.05) is 18.4 Å². The second-order valence-corrected chi connectivity index (χ2v) is 8.39. The maximum absolute atomic E-state index is 13.4. The standard InChI is InChI=1S/C27H22F3N5O2/c28-27(29,30)23-13-20(5-3-18(23)15-31)35-26(36)17-2-1-16-4-6-21(12-19(16)11-17)37-22-7-8-32-24(14-22)25-33-9-10-34-25/h1-8,11-14H,9-10,15,31H2,(H,33,34)(H,35,36). The molecule has 0 spiro atoms. The number of fused-ring (bicyclic) bond motifs is 1. The zero-order valence-corrected chi connectivity index (χ0v) is 19.5. The van der Waals surface area contributed by atoms with Gasteiger partial charge in [-0.25, -0.2) is 0 Å². The fourth-order valence-electron chi connectivity index (χ4n) is 4.04. The van der Waals surface area contributed by atoms with Crippen LogP contribution in [0.3, 0.4) is 0 Å². The number of ether oxygens (including phenoxy) is 1. The lowest BCUT2D eigenvalue weighted by Gasteiger charge is -2.14. The van der Waals surface area contributed by atoms with Gasteiger partial charge in [0, 0.05) is 36.6 Å². The number of pyridine rings is 1. The second-order valence-electron chi connectivity index (χ2n) is 8.39. The van der Waals surface area contributed by atoms with E-state index in [1.165, 1.54) is 12.1 Å². The minimum atomic E-state index is -4.58. The molecule has 0 saturated heterocycles. The molecule has 4 aromatic rings. The first-order valence-corrected chi connectivity index (χ1v) is 11.5. The predicted octanol–water partition coefficient (Wildman–Crippen LogP) is 5.11. The summed E-state index contributed by atoms with van der Waals surface area (Å²) in [5.74, 6) is 1.32. The molecule has 0 bridgehead atoms. The van der Waals surface area contributed by atoms with Gasteiger partial charge in [0.05, 0.1) is 12.1 Å². The van der Waals surface area contributed by atoms with Gasteiger partial charge in [0.15, 0.2) is 0 Å². The first-order valence-electron chi connectivity index (χ1n) is 11.5. The number of carbonyl (C=O) groups excluding carboxylic acids is 1. The van der Waals surface area contributed by atoms with Gasteiger partial charge in [0.1, 0.15) is 23.0 Å². The predicted molar refractivity (Wildman–Crippen MR) is 135 cm³/mol. The molecule has 4 N–H and O–H groups in total. The van der Waals surface area contributed by atoms with Crippen molar-refractivity contribution in [1.29, 1.82) is 0 Å². The van der Waals surface area contributed by atoms with Crippen LogP contribution in [0.2, 0.25) is 0 Å². The summed E-state index contributed by atoms with van der Waals surface area (Å²) in [5.41, 5.74) is 5.52. The summed E-state index contributed by atoms with van der Waals surface area (Å²) in [7, 11) is 0. The SMILES string of the molecule is NCc1ccc(NC(=O)c2ccc3ccc(Oc4ccnc(C5=NCCN5)c4)cc3c2)cc1C(F)(F)F. The average Bonchev–Trinajstić information content (AvgIpc) is 3.43. The minimum Gasteiger partial charge on any atom is -0.457 e. The number of rotatable bonds is 6. The molecule has 1 aliphatic heterocycles. The van der Waals surface area contributed by atoms with Crippen LogP contribution in [-0.2, 0) is 12.7 Å². The highest BCUT2D eigenvalue weighted by Gasteiger charge is 2.33. The molecule has 7 nitrogen and oxygen atoms in total. The minimum absolute atomic E-state index is 0.0292. The molecule has 3 aromatic carbocycles. The van der Waals surface area contributed by atoms with E-state index in [4.69, 9.17) is 10.5 Å². The Labute approximate surface area is 210 Å². The zero-order chi connectivity index (χ0) is 26.0. The van der Waals surface area contributed by atoms with E-state index in [9.17, 15) is 18.0 Å². The van der Waals surface area contributed by atoms with Gasteiger partial charge >= 0.3 is 6.18 Å². The van der Waals surface area contributed by atoms with Crippen molar-refractivity contribution in [2.24, 2.45) is 10.7 Å². The van der Waals surface area contributed by atoms with Crippen molar-refractivity contribution in [3.63, 3.8) is 0 Å². The average molecular weight is 506 g/mol.